The first-order valence-corrected chi connectivity index (χ1v) is 22.0. The monoisotopic (exact) mass is 739 g/mol. The number of rotatable bonds is 37. The minimum atomic E-state index is -4.76. The van der Waals surface area contributed by atoms with Crippen molar-refractivity contribution in [3.05, 3.63) is 48.6 Å². The van der Waals surface area contributed by atoms with Crippen LogP contribution in [0.4, 0.5) is 0 Å². The van der Waals surface area contributed by atoms with E-state index in [1.807, 2.05) is 0 Å². The summed E-state index contributed by atoms with van der Waals surface area (Å²) in [6.45, 7) is 3.63. The maximum Gasteiger partial charge on any atom is 0.469 e. The summed E-state index contributed by atoms with van der Waals surface area (Å²) < 4.78 is 26.3. The largest absolute Gasteiger partial charge is 0.469 e. The smallest absolute Gasteiger partial charge is 0.462 e. The molecule has 0 aromatic rings. The van der Waals surface area contributed by atoms with Gasteiger partial charge in [0.2, 0.25) is 0 Å². The molecule has 0 aromatic carbocycles. The Morgan fingerprint density at radius 1 is 0.510 bits per heavy atom. The molecule has 0 unspecified atom stereocenters. The second kappa shape index (κ2) is 37.8. The van der Waals surface area contributed by atoms with Gasteiger partial charge in [-0.2, -0.15) is 0 Å². The molecule has 0 fully saturated rings. The van der Waals surface area contributed by atoms with Crippen molar-refractivity contribution in [2.24, 2.45) is 0 Å². The van der Waals surface area contributed by atoms with Crippen LogP contribution >= 0.6 is 7.82 Å². The van der Waals surface area contributed by atoms with Crippen LogP contribution in [0.3, 0.4) is 0 Å². The van der Waals surface area contributed by atoms with Crippen molar-refractivity contribution >= 4 is 19.8 Å². The van der Waals surface area contributed by atoms with Crippen LogP contribution in [0.5, 0.6) is 0 Å². The fourth-order valence-electron chi connectivity index (χ4n) is 5.53. The number of ether oxygens (including phenoxy) is 2. The maximum atomic E-state index is 12.4. The van der Waals surface area contributed by atoms with Gasteiger partial charge in [0.1, 0.15) is 6.61 Å². The molecule has 0 aliphatic carbocycles. The Labute approximate surface area is 312 Å². The Hall–Kier alpha value is -1.99. The van der Waals surface area contributed by atoms with Crippen LogP contribution in [0.15, 0.2) is 48.6 Å². The fraction of sp³-hybridized carbons (Fsp3) is 0.762. The number of phosphoric acid groups is 1. The third-order valence-corrected chi connectivity index (χ3v) is 9.09. The summed E-state index contributed by atoms with van der Waals surface area (Å²) in [6.07, 6.45) is 45.4. The molecule has 51 heavy (non-hydrogen) atoms. The first-order valence-electron chi connectivity index (χ1n) is 20.4. The Morgan fingerprint density at radius 2 is 0.882 bits per heavy atom. The van der Waals surface area contributed by atoms with E-state index in [1.165, 1.54) is 89.9 Å². The number of unbranched alkanes of at least 4 members (excludes halogenated alkanes) is 19. The van der Waals surface area contributed by atoms with Gasteiger partial charge >= 0.3 is 19.8 Å². The molecule has 0 spiro atoms. The Bertz CT molecular complexity index is 968. The molecule has 0 radical (unpaired) electrons. The van der Waals surface area contributed by atoms with Gasteiger partial charge in [0.25, 0.3) is 0 Å². The van der Waals surface area contributed by atoms with Gasteiger partial charge in [0.15, 0.2) is 6.10 Å². The van der Waals surface area contributed by atoms with Gasteiger partial charge in [-0.3, -0.25) is 14.1 Å². The fourth-order valence-corrected chi connectivity index (χ4v) is 5.89. The summed E-state index contributed by atoms with van der Waals surface area (Å²) in [5.74, 6) is -0.918. The van der Waals surface area contributed by atoms with Crippen LogP contribution in [0.25, 0.3) is 0 Å². The highest BCUT2D eigenvalue weighted by atomic mass is 31.2. The number of hydrogen-bond donors (Lipinski definition) is 2. The molecule has 0 aliphatic heterocycles. The van der Waals surface area contributed by atoms with Crippen molar-refractivity contribution in [3.8, 4) is 0 Å². The lowest BCUT2D eigenvalue weighted by molar-refractivity contribution is -0.161. The third kappa shape index (κ3) is 40.6. The van der Waals surface area contributed by atoms with Crippen LogP contribution in [-0.4, -0.2) is 41.0 Å². The topological polar surface area (TPSA) is 119 Å². The SMILES string of the molecule is CCCCC/C=C/C/C=C/C/C=C/C/C=C/CCCCCC(=O)OC[C@H](COP(=O)(O)O)OC(=O)CCCCCCCCCCCCCCCC. The molecule has 0 aromatic heterocycles. The first-order chi connectivity index (χ1) is 24.8. The third-order valence-electron chi connectivity index (χ3n) is 8.60. The number of carbonyl (C=O) groups excluding carboxylic acids is 2. The number of phosphoric ester groups is 1. The van der Waals surface area contributed by atoms with E-state index >= 15 is 0 Å². The van der Waals surface area contributed by atoms with Crippen molar-refractivity contribution in [1.82, 2.24) is 0 Å². The zero-order chi connectivity index (χ0) is 37.5. The lowest BCUT2D eigenvalue weighted by atomic mass is 10.0. The van der Waals surface area contributed by atoms with Crippen LogP contribution in [0, 0.1) is 0 Å². The summed E-state index contributed by atoms with van der Waals surface area (Å²) in [5, 5.41) is 0. The zero-order valence-electron chi connectivity index (χ0n) is 32.5. The molecule has 8 nitrogen and oxygen atoms in total. The number of carbonyl (C=O) groups is 2. The molecule has 0 aliphatic rings. The normalized spacial score (nSPS) is 12.9. The molecule has 0 rings (SSSR count). The second-order valence-electron chi connectivity index (χ2n) is 13.6. The highest BCUT2D eigenvalue weighted by molar-refractivity contribution is 7.46. The molecular formula is C42H75O8P. The van der Waals surface area contributed by atoms with E-state index < -0.39 is 32.5 Å². The van der Waals surface area contributed by atoms with Gasteiger partial charge in [0, 0.05) is 12.8 Å². The lowest BCUT2D eigenvalue weighted by Crippen LogP contribution is -2.29. The molecule has 0 saturated heterocycles. The molecule has 1 atom stereocenters. The summed E-state index contributed by atoms with van der Waals surface area (Å²) in [7, 11) is -4.76. The molecule has 2 N–H and O–H groups in total. The van der Waals surface area contributed by atoms with Gasteiger partial charge in [0.05, 0.1) is 6.61 Å². The van der Waals surface area contributed by atoms with E-state index in [9.17, 15) is 14.2 Å². The number of allylic oxidation sites excluding steroid dienone is 8. The Balaban J connectivity index is 3.99. The van der Waals surface area contributed by atoms with E-state index in [0.29, 0.717) is 12.8 Å². The van der Waals surface area contributed by atoms with Crippen molar-refractivity contribution in [1.29, 1.82) is 0 Å². The van der Waals surface area contributed by atoms with E-state index in [-0.39, 0.29) is 19.4 Å². The van der Waals surface area contributed by atoms with Crippen LogP contribution in [-0.2, 0) is 28.2 Å². The first kappa shape index (κ1) is 49.0. The average molecular weight is 739 g/mol. The van der Waals surface area contributed by atoms with E-state index in [4.69, 9.17) is 19.3 Å². The predicted octanol–water partition coefficient (Wildman–Crippen LogP) is 12.3. The van der Waals surface area contributed by atoms with Crippen molar-refractivity contribution < 1.29 is 37.9 Å². The minimum absolute atomic E-state index is 0.206. The average Bonchev–Trinajstić information content (AvgIpc) is 3.10. The molecule has 0 bridgehead atoms. The van der Waals surface area contributed by atoms with Crippen molar-refractivity contribution in [2.45, 2.75) is 193 Å². The summed E-state index contributed by atoms with van der Waals surface area (Å²) in [5.41, 5.74) is 0. The zero-order valence-corrected chi connectivity index (χ0v) is 33.4. The number of hydrogen-bond acceptors (Lipinski definition) is 6. The molecule has 9 heteroatoms. The molecule has 0 saturated carbocycles. The second-order valence-corrected chi connectivity index (χ2v) is 14.9. The van der Waals surface area contributed by atoms with E-state index in [2.05, 4.69) is 67.0 Å². The van der Waals surface area contributed by atoms with Crippen LogP contribution < -0.4 is 0 Å². The van der Waals surface area contributed by atoms with E-state index in [0.717, 1.165) is 57.8 Å². The Kier molecular flexibility index (Phi) is 36.3. The van der Waals surface area contributed by atoms with E-state index in [1.54, 1.807) is 0 Å². The van der Waals surface area contributed by atoms with Gasteiger partial charge in [-0.15, -0.1) is 0 Å². The molecule has 0 amide bonds. The standard InChI is InChI=1S/C42H75O8P/c1-3-5-7-9-11-13-15-17-19-20-21-22-23-25-26-28-30-32-34-36-41(43)48-38-40(39-49-51(45,46)47)50-42(44)37-35-33-31-29-27-24-18-16-14-12-10-8-6-4-2/h11,13,17,19,21-22,25-26,40H,3-10,12,14-16,18,20,23-24,27-39H2,1-2H3,(H2,45,46,47)/b13-11+,19-17+,22-21+,26-25+/t40-/m1/s1. The predicted molar refractivity (Wildman–Crippen MR) is 211 cm³/mol. The van der Waals surface area contributed by atoms with Gasteiger partial charge in [-0.25, -0.2) is 4.57 Å². The van der Waals surface area contributed by atoms with Crippen LogP contribution in [0.2, 0.25) is 0 Å². The van der Waals surface area contributed by atoms with Gasteiger partial charge in [-0.1, -0.05) is 165 Å². The van der Waals surface area contributed by atoms with Crippen molar-refractivity contribution in [2.75, 3.05) is 13.2 Å². The highest BCUT2D eigenvalue weighted by Gasteiger charge is 2.22. The highest BCUT2D eigenvalue weighted by Crippen LogP contribution is 2.36. The van der Waals surface area contributed by atoms with Crippen LogP contribution in [0.1, 0.15) is 187 Å². The summed E-state index contributed by atoms with van der Waals surface area (Å²) in [4.78, 5) is 42.8. The van der Waals surface area contributed by atoms with Gasteiger partial charge in [-0.05, 0) is 57.8 Å². The lowest BCUT2D eigenvalue weighted by Gasteiger charge is -2.18. The number of esters is 2. The minimum Gasteiger partial charge on any atom is -0.462 e. The maximum absolute atomic E-state index is 12.4. The molecule has 296 valence electrons. The van der Waals surface area contributed by atoms with Crippen molar-refractivity contribution in [3.63, 3.8) is 0 Å². The molecular weight excluding hydrogens is 663 g/mol. The summed E-state index contributed by atoms with van der Waals surface area (Å²) in [6, 6.07) is 0. The summed E-state index contributed by atoms with van der Waals surface area (Å²) >= 11 is 0. The molecule has 0 heterocycles. The quantitative estimate of drug-likeness (QED) is 0.0280. The van der Waals surface area contributed by atoms with Gasteiger partial charge < -0.3 is 19.3 Å². The Morgan fingerprint density at radius 3 is 1.35 bits per heavy atom.